The first-order chi connectivity index (χ1) is 11.5. The molecule has 0 spiro atoms. The number of halogens is 1. The molecule has 7 heteroatoms. The van der Waals surface area contributed by atoms with Crippen LogP contribution in [-0.4, -0.2) is 39.9 Å². The number of fused-ring (bicyclic) bond motifs is 1. The summed E-state index contributed by atoms with van der Waals surface area (Å²) in [6.45, 7) is 8.07. The Hall–Kier alpha value is -1.92. The van der Waals surface area contributed by atoms with Crippen LogP contribution in [0.3, 0.4) is 0 Å². The average Bonchev–Trinajstić information content (AvgIpc) is 2.50. The molecule has 25 heavy (non-hydrogen) atoms. The predicted molar refractivity (Wildman–Crippen MR) is 101 cm³/mol. The predicted octanol–water partition coefficient (Wildman–Crippen LogP) is 1.94. The summed E-state index contributed by atoms with van der Waals surface area (Å²) in [6.07, 6.45) is 0. The molecular weight excluding hydrogens is 340 g/mol. The van der Waals surface area contributed by atoms with Crippen LogP contribution >= 0.6 is 12.4 Å². The van der Waals surface area contributed by atoms with E-state index in [1.54, 1.807) is 11.0 Å². The van der Waals surface area contributed by atoms with Gasteiger partial charge in [-0.15, -0.1) is 12.4 Å². The van der Waals surface area contributed by atoms with Crippen molar-refractivity contribution in [3.8, 4) is 0 Å². The van der Waals surface area contributed by atoms with Crippen molar-refractivity contribution >= 4 is 29.2 Å². The van der Waals surface area contributed by atoms with Crippen LogP contribution in [0.15, 0.2) is 29.1 Å². The number of nitrogens with zero attached hydrogens (tertiary/aromatic N) is 2. The molecule has 2 N–H and O–H groups in total. The minimum absolute atomic E-state index is 0. The highest BCUT2D eigenvalue weighted by Gasteiger charge is 2.32. The molecule has 1 aliphatic heterocycles. The van der Waals surface area contributed by atoms with Crippen molar-refractivity contribution in [2.45, 2.75) is 33.4 Å². The van der Waals surface area contributed by atoms with Crippen molar-refractivity contribution in [3.05, 3.63) is 40.4 Å². The smallest absolute Gasteiger partial charge is 0.258 e. The van der Waals surface area contributed by atoms with Gasteiger partial charge >= 0.3 is 0 Å². The van der Waals surface area contributed by atoms with Crippen molar-refractivity contribution in [2.75, 3.05) is 13.1 Å². The molecule has 136 valence electrons. The maximum atomic E-state index is 12.9. The first-order valence-electron chi connectivity index (χ1n) is 8.46. The number of para-hydroxylation sites is 1. The SMILES string of the molecule is CC(C(=O)N(Cc1nc2ccccc2c(=O)[nH]1)C(C)C)C1CNC1.Cl. The molecule has 1 saturated heterocycles. The highest BCUT2D eigenvalue weighted by Crippen LogP contribution is 2.20. The molecule has 0 saturated carbocycles. The zero-order valence-electron chi connectivity index (χ0n) is 14.8. The summed E-state index contributed by atoms with van der Waals surface area (Å²) >= 11 is 0. The average molecular weight is 365 g/mol. The molecule has 1 fully saturated rings. The lowest BCUT2D eigenvalue weighted by molar-refractivity contribution is -0.140. The Morgan fingerprint density at radius 2 is 1.96 bits per heavy atom. The molecule has 1 amide bonds. The fourth-order valence-electron chi connectivity index (χ4n) is 3.01. The molecule has 3 rings (SSSR count). The molecule has 0 aliphatic carbocycles. The Kier molecular flexibility index (Phi) is 6.19. The summed E-state index contributed by atoms with van der Waals surface area (Å²) in [7, 11) is 0. The van der Waals surface area contributed by atoms with Crippen molar-refractivity contribution < 1.29 is 4.79 Å². The van der Waals surface area contributed by atoms with Gasteiger partial charge in [-0.05, 0) is 45.0 Å². The quantitative estimate of drug-likeness (QED) is 0.849. The number of rotatable bonds is 5. The lowest BCUT2D eigenvalue weighted by atomic mass is 9.87. The number of hydrogen-bond acceptors (Lipinski definition) is 4. The summed E-state index contributed by atoms with van der Waals surface area (Å²) < 4.78 is 0. The minimum atomic E-state index is -0.164. The Bertz CT molecular complexity index is 801. The van der Waals surface area contributed by atoms with E-state index in [1.807, 2.05) is 39.0 Å². The second-order valence-electron chi connectivity index (χ2n) is 6.80. The molecule has 0 radical (unpaired) electrons. The molecule has 2 heterocycles. The molecule has 2 aromatic rings. The number of aromatic nitrogens is 2. The second kappa shape index (κ2) is 7.97. The first kappa shape index (κ1) is 19.4. The minimum Gasteiger partial charge on any atom is -0.333 e. The third kappa shape index (κ3) is 4.02. The summed E-state index contributed by atoms with van der Waals surface area (Å²) in [5, 5.41) is 3.78. The van der Waals surface area contributed by atoms with Gasteiger partial charge in [-0.3, -0.25) is 9.59 Å². The van der Waals surface area contributed by atoms with Gasteiger partial charge < -0.3 is 15.2 Å². The molecule has 1 aromatic heterocycles. The number of nitrogens with one attached hydrogen (secondary N) is 2. The van der Waals surface area contributed by atoms with E-state index in [4.69, 9.17) is 0 Å². The van der Waals surface area contributed by atoms with Gasteiger partial charge in [0.25, 0.3) is 5.56 Å². The van der Waals surface area contributed by atoms with E-state index < -0.39 is 0 Å². The summed E-state index contributed by atoms with van der Waals surface area (Å²) in [5.74, 6) is 1.01. The highest BCUT2D eigenvalue weighted by molar-refractivity contribution is 5.85. The van der Waals surface area contributed by atoms with Gasteiger partial charge in [0.1, 0.15) is 5.82 Å². The van der Waals surface area contributed by atoms with E-state index in [2.05, 4.69) is 15.3 Å². The van der Waals surface area contributed by atoms with Gasteiger partial charge in [0.05, 0.1) is 17.4 Å². The third-order valence-corrected chi connectivity index (χ3v) is 4.80. The van der Waals surface area contributed by atoms with E-state index in [0.717, 1.165) is 13.1 Å². The van der Waals surface area contributed by atoms with Gasteiger partial charge in [-0.25, -0.2) is 4.98 Å². The van der Waals surface area contributed by atoms with Crippen molar-refractivity contribution in [3.63, 3.8) is 0 Å². The molecule has 1 aromatic carbocycles. The lowest BCUT2D eigenvalue weighted by Gasteiger charge is -2.36. The fraction of sp³-hybridized carbons (Fsp3) is 0.500. The number of aromatic amines is 1. The Morgan fingerprint density at radius 3 is 2.56 bits per heavy atom. The van der Waals surface area contributed by atoms with E-state index in [-0.39, 0.29) is 35.8 Å². The van der Waals surface area contributed by atoms with Gasteiger partial charge in [0.15, 0.2) is 0 Å². The number of amides is 1. The number of H-pyrrole nitrogens is 1. The molecule has 1 atom stereocenters. The van der Waals surface area contributed by atoms with Gasteiger partial charge in [0, 0.05) is 12.0 Å². The van der Waals surface area contributed by atoms with Crippen LogP contribution in [0, 0.1) is 11.8 Å². The van der Waals surface area contributed by atoms with Crippen LogP contribution in [-0.2, 0) is 11.3 Å². The largest absolute Gasteiger partial charge is 0.333 e. The number of hydrogen-bond donors (Lipinski definition) is 2. The standard InChI is InChI=1S/C18H24N4O2.ClH/c1-11(2)22(18(24)12(3)13-8-19-9-13)10-16-20-15-7-5-4-6-14(15)17(23)21-16;/h4-7,11-13,19H,8-10H2,1-3H3,(H,20,21,23);1H. The Morgan fingerprint density at radius 1 is 1.28 bits per heavy atom. The molecule has 0 bridgehead atoms. The zero-order chi connectivity index (χ0) is 17.3. The lowest BCUT2D eigenvalue weighted by Crippen LogP contribution is -2.51. The zero-order valence-corrected chi connectivity index (χ0v) is 15.6. The van der Waals surface area contributed by atoms with E-state index >= 15 is 0 Å². The fourth-order valence-corrected chi connectivity index (χ4v) is 3.01. The monoisotopic (exact) mass is 364 g/mol. The highest BCUT2D eigenvalue weighted by atomic mass is 35.5. The van der Waals surface area contributed by atoms with E-state index in [9.17, 15) is 9.59 Å². The van der Waals surface area contributed by atoms with Gasteiger partial charge in [-0.2, -0.15) is 0 Å². The first-order valence-corrected chi connectivity index (χ1v) is 8.46. The normalized spacial score (nSPS) is 15.5. The van der Waals surface area contributed by atoms with Crippen molar-refractivity contribution in [2.24, 2.45) is 11.8 Å². The molecular formula is C18H25ClN4O2. The molecule has 1 unspecified atom stereocenters. The number of carbonyl (C=O) groups excluding carboxylic acids is 1. The van der Waals surface area contributed by atoms with Crippen molar-refractivity contribution in [1.82, 2.24) is 20.2 Å². The van der Waals surface area contributed by atoms with Gasteiger partial charge in [0.2, 0.25) is 5.91 Å². The van der Waals surface area contributed by atoms with Crippen LogP contribution in [0.5, 0.6) is 0 Å². The van der Waals surface area contributed by atoms with Crippen LogP contribution in [0.25, 0.3) is 10.9 Å². The van der Waals surface area contributed by atoms with Crippen LogP contribution in [0.4, 0.5) is 0 Å². The summed E-state index contributed by atoms with van der Waals surface area (Å²) in [4.78, 5) is 34.2. The van der Waals surface area contributed by atoms with Crippen LogP contribution in [0.1, 0.15) is 26.6 Å². The maximum absolute atomic E-state index is 12.9. The van der Waals surface area contributed by atoms with Gasteiger partial charge in [-0.1, -0.05) is 19.1 Å². The van der Waals surface area contributed by atoms with E-state index in [1.165, 1.54) is 0 Å². The summed E-state index contributed by atoms with van der Waals surface area (Å²) in [5.41, 5.74) is 0.492. The topological polar surface area (TPSA) is 78.1 Å². The number of benzene rings is 1. The maximum Gasteiger partial charge on any atom is 0.258 e. The second-order valence-corrected chi connectivity index (χ2v) is 6.80. The van der Waals surface area contributed by atoms with Crippen LogP contribution < -0.4 is 10.9 Å². The third-order valence-electron chi connectivity index (χ3n) is 4.80. The number of carbonyl (C=O) groups is 1. The Labute approximate surface area is 153 Å². The molecule has 1 aliphatic rings. The van der Waals surface area contributed by atoms with E-state index in [0.29, 0.717) is 29.2 Å². The van der Waals surface area contributed by atoms with Crippen molar-refractivity contribution in [1.29, 1.82) is 0 Å². The Balaban J connectivity index is 0.00000225. The summed E-state index contributed by atoms with van der Waals surface area (Å²) in [6, 6.07) is 7.29. The van der Waals surface area contributed by atoms with Crippen LogP contribution in [0.2, 0.25) is 0 Å². The molecule has 6 nitrogen and oxygen atoms in total.